The Kier molecular flexibility index (Phi) is 4.68. The van der Waals surface area contributed by atoms with Crippen LogP contribution in [-0.4, -0.2) is 20.3 Å². The normalized spacial score (nSPS) is 10.7. The van der Waals surface area contributed by atoms with Crippen molar-refractivity contribution in [2.45, 2.75) is 13.5 Å². The number of hydrogen-bond donors (Lipinski definition) is 0. The number of rotatable bonds is 4. The summed E-state index contributed by atoms with van der Waals surface area (Å²) in [5, 5.41) is 10.8. The SMILES string of the molecule is Cc1ccc2nc(COC(=O)c3ccc(Cl)c([N+](=O)[O-])c3)cc(=O)n2c1. The smallest absolute Gasteiger partial charge is 0.338 e. The van der Waals surface area contributed by atoms with E-state index in [0.717, 1.165) is 11.6 Å². The number of aromatic nitrogens is 2. The average molecular weight is 374 g/mol. The Balaban J connectivity index is 1.81. The van der Waals surface area contributed by atoms with Gasteiger partial charge in [0.1, 0.15) is 17.3 Å². The van der Waals surface area contributed by atoms with Crippen LogP contribution >= 0.6 is 11.6 Å². The average Bonchev–Trinajstić information content (AvgIpc) is 2.60. The van der Waals surface area contributed by atoms with Crippen LogP contribution in [-0.2, 0) is 11.3 Å². The highest BCUT2D eigenvalue weighted by molar-refractivity contribution is 6.32. The lowest BCUT2D eigenvalue weighted by Gasteiger charge is -2.07. The first-order valence-electron chi connectivity index (χ1n) is 7.45. The molecule has 3 rings (SSSR count). The molecule has 132 valence electrons. The van der Waals surface area contributed by atoms with E-state index in [2.05, 4.69) is 4.98 Å². The van der Waals surface area contributed by atoms with Gasteiger partial charge in [-0.2, -0.15) is 0 Å². The summed E-state index contributed by atoms with van der Waals surface area (Å²) < 4.78 is 6.49. The molecule has 26 heavy (non-hydrogen) atoms. The van der Waals surface area contributed by atoms with Crippen molar-refractivity contribution in [1.29, 1.82) is 0 Å². The number of aryl methyl sites for hydroxylation is 1. The Morgan fingerprint density at radius 3 is 2.81 bits per heavy atom. The minimum atomic E-state index is -0.782. The van der Waals surface area contributed by atoms with Crippen molar-refractivity contribution in [2.75, 3.05) is 0 Å². The Hall–Kier alpha value is -3.26. The number of nitro groups is 1. The van der Waals surface area contributed by atoms with Gasteiger partial charge in [-0.1, -0.05) is 17.7 Å². The van der Waals surface area contributed by atoms with Crippen LogP contribution in [0.25, 0.3) is 5.65 Å². The molecule has 0 amide bonds. The molecule has 0 fully saturated rings. The fourth-order valence-corrected chi connectivity index (χ4v) is 2.52. The van der Waals surface area contributed by atoms with Gasteiger partial charge in [0.25, 0.3) is 11.2 Å². The van der Waals surface area contributed by atoms with Crippen molar-refractivity contribution >= 4 is 28.9 Å². The Labute approximate surface area is 151 Å². The van der Waals surface area contributed by atoms with Crippen LogP contribution < -0.4 is 5.56 Å². The summed E-state index contributed by atoms with van der Waals surface area (Å²) in [4.78, 5) is 38.7. The van der Waals surface area contributed by atoms with E-state index in [1.807, 2.05) is 13.0 Å². The first kappa shape index (κ1) is 17.6. The van der Waals surface area contributed by atoms with Gasteiger partial charge in [0.05, 0.1) is 16.2 Å². The fourth-order valence-electron chi connectivity index (χ4n) is 2.33. The predicted molar refractivity (Wildman–Crippen MR) is 93.4 cm³/mol. The lowest BCUT2D eigenvalue weighted by Crippen LogP contribution is -2.17. The van der Waals surface area contributed by atoms with Gasteiger partial charge in [-0.25, -0.2) is 9.78 Å². The summed E-state index contributed by atoms with van der Waals surface area (Å²) in [6, 6.07) is 8.37. The molecule has 3 aromatic rings. The number of pyridine rings is 1. The first-order valence-corrected chi connectivity index (χ1v) is 7.83. The van der Waals surface area contributed by atoms with E-state index in [0.29, 0.717) is 5.65 Å². The maximum absolute atomic E-state index is 12.1. The standard InChI is InChI=1S/C17H12ClN3O5/c1-10-2-5-15-19-12(7-16(22)20(15)8-10)9-26-17(23)11-3-4-13(18)14(6-11)21(24)25/h2-8H,9H2,1H3. The summed E-state index contributed by atoms with van der Waals surface area (Å²) in [5.41, 5.74) is 0.900. The maximum Gasteiger partial charge on any atom is 0.338 e. The molecule has 0 bridgehead atoms. The molecule has 0 aliphatic rings. The Bertz CT molecular complexity index is 1090. The van der Waals surface area contributed by atoms with E-state index >= 15 is 0 Å². The molecular formula is C17H12ClN3O5. The van der Waals surface area contributed by atoms with E-state index in [4.69, 9.17) is 16.3 Å². The number of esters is 1. The maximum atomic E-state index is 12.1. The summed E-state index contributed by atoms with van der Waals surface area (Å²) in [6.45, 7) is 1.61. The third kappa shape index (κ3) is 3.55. The summed E-state index contributed by atoms with van der Waals surface area (Å²) in [5.74, 6) is -0.782. The van der Waals surface area contributed by atoms with Crippen LogP contribution in [0.4, 0.5) is 5.69 Å². The minimum Gasteiger partial charge on any atom is -0.456 e. The van der Waals surface area contributed by atoms with E-state index in [-0.39, 0.29) is 28.4 Å². The quantitative estimate of drug-likeness (QED) is 0.395. The summed E-state index contributed by atoms with van der Waals surface area (Å²) in [7, 11) is 0. The second-order valence-electron chi connectivity index (χ2n) is 5.52. The first-order chi connectivity index (χ1) is 12.3. The molecule has 0 unspecified atom stereocenters. The highest BCUT2D eigenvalue weighted by Crippen LogP contribution is 2.25. The van der Waals surface area contributed by atoms with Crippen LogP contribution in [0.15, 0.2) is 47.4 Å². The van der Waals surface area contributed by atoms with Crippen LogP contribution in [0.2, 0.25) is 5.02 Å². The number of nitrogens with zero attached hydrogens (tertiary/aromatic N) is 3. The number of carbonyl (C=O) groups excluding carboxylic acids is 1. The van der Waals surface area contributed by atoms with Crippen molar-refractivity contribution in [3.63, 3.8) is 0 Å². The number of hydrogen-bond acceptors (Lipinski definition) is 6. The molecule has 1 aromatic carbocycles. The lowest BCUT2D eigenvalue weighted by molar-refractivity contribution is -0.384. The van der Waals surface area contributed by atoms with Crippen molar-refractivity contribution < 1.29 is 14.5 Å². The molecule has 0 aliphatic carbocycles. The zero-order valence-corrected chi connectivity index (χ0v) is 14.3. The molecule has 0 aliphatic heterocycles. The van der Waals surface area contributed by atoms with Crippen molar-refractivity contribution in [2.24, 2.45) is 0 Å². The number of carbonyl (C=O) groups is 1. The monoisotopic (exact) mass is 373 g/mol. The van der Waals surface area contributed by atoms with Crippen molar-refractivity contribution in [3.05, 3.63) is 84.9 Å². The van der Waals surface area contributed by atoms with Crippen molar-refractivity contribution in [3.8, 4) is 0 Å². The van der Waals surface area contributed by atoms with Crippen LogP contribution in [0.5, 0.6) is 0 Å². The fraction of sp³-hybridized carbons (Fsp3) is 0.118. The van der Waals surface area contributed by atoms with Gasteiger partial charge < -0.3 is 4.74 Å². The van der Waals surface area contributed by atoms with E-state index < -0.39 is 16.6 Å². The molecular weight excluding hydrogens is 362 g/mol. The van der Waals surface area contributed by atoms with Crippen LogP contribution in [0.1, 0.15) is 21.6 Å². The summed E-state index contributed by atoms with van der Waals surface area (Å²) in [6.07, 6.45) is 1.66. The molecule has 0 N–H and O–H groups in total. The molecule has 0 atom stereocenters. The van der Waals surface area contributed by atoms with Crippen LogP contribution in [0.3, 0.4) is 0 Å². The van der Waals surface area contributed by atoms with E-state index in [1.165, 1.54) is 22.6 Å². The molecule has 0 radical (unpaired) electrons. The molecule has 0 saturated carbocycles. The zero-order chi connectivity index (χ0) is 18.8. The van der Waals surface area contributed by atoms with Gasteiger partial charge >= 0.3 is 5.97 Å². The van der Waals surface area contributed by atoms with Gasteiger partial charge in [-0.05, 0) is 30.7 Å². The third-order valence-electron chi connectivity index (χ3n) is 3.59. The van der Waals surface area contributed by atoms with E-state index in [9.17, 15) is 19.7 Å². The highest BCUT2D eigenvalue weighted by Gasteiger charge is 2.17. The highest BCUT2D eigenvalue weighted by atomic mass is 35.5. The second kappa shape index (κ2) is 6.93. The molecule has 0 saturated heterocycles. The Morgan fingerprint density at radius 1 is 1.31 bits per heavy atom. The molecule has 9 heteroatoms. The predicted octanol–water partition coefficient (Wildman–Crippen LogP) is 2.92. The van der Waals surface area contributed by atoms with Gasteiger partial charge in [0.2, 0.25) is 0 Å². The van der Waals surface area contributed by atoms with E-state index in [1.54, 1.807) is 12.3 Å². The topological polar surface area (TPSA) is 104 Å². The summed E-state index contributed by atoms with van der Waals surface area (Å²) >= 11 is 5.71. The van der Waals surface area contributed by atoms with Gasteiger partial charge in [-0.15, -0.1) is 0 Å². The van der Waals surface area contributed by atoms with Gasteiger partial charge in [0.15, 0.2) is 0 Å². The third-order valence-corrected chi connectivity index (χ3v) is 3.91. The molecule has 0 spiro atoms. The lowest BCUT2D eigenvalue weighted by atomic mass is 10.2. The van der Waals surface area contributed by atoms with Gasteiger partial charge in [0, 0.05) is 18.3 Å². The molecule has 2 aromatic heterocycles. The number of ether oxygens (including phenoxy) is 1. The number of fused-ring (bicyclic) bond motifs is 1. The zero-order valence-electron chi connectivity index (χ0n) is 13.5. The van der Waals surface area contributed by atoms with Crippen LogP contribution in [0, 0.1) is 17.0 Å². The van der Waals surface area contributed by atoms with Crippen molar-refractivity contribution in [1.82, 2.24) is 9.38 Å². The number of nitro benzene ring substituents is 1. The number of benzene rings is 1. The van der Waals surface area contributed by atoms with Gasteiger partial charge in [-0.3, -0.25) is 19.3 Å². The molecule has 2 heterocycles. The largest absolute Gasteiger partial charge is 0.456 e. The minimum absolute atomic E-state index is 0.0192. The second-order valence-corrected chi connectivity index (χ2v) is 5.93. The molecule has 8 nitrogen and oxygen atoms in total. The number of halogens is 1. The Morgan fingerprint density at radius 2 is 2.08 bits per heavy atom.